The van der Waals surface area contributed by atoms with Crippen LogP contribution in [0.15, 0.2) is 42.5 Å². The predicted octanol–water partition coefficient (Wildman–Crippen LogP) is 4.92. The van der Waals surface area contributed by atoms with E-state index in [-0.39, 0.29) is 6.61 Å². The SMILES string of the molecule is COc1ccc2nc(NC(=O)COC(=O)c3c4c(nc5ccccc35)CCCCC4)sc2c1. The van der Waals surface area contributed by atoms with E-state index in [9.17, 15) is 9.59 Å². The number of para-hydroxylation sites is 1. The average molecular weight is 462 g/mol. The number of amides is 1. The fourth-order valence-electron chi connectivity index (χ4n) is 4.23. The molecule has 1 N–H and O–H groups in total. The van der Waals surface area contributed by atoms with Gasteiger partial charge in [0.1, 0.15) is 5.75 Å². The Labute approximate surface area is 194 Å². The lowest BCUT2D eigenvalue weighted by Gasteiger charge is -2.14. The van der Waals surface area contributed by atoms with Crippen molar-refractivity contribution in [1.82, 2.24) is 9.97 Å². The average Bonchev–Trinajstić information content (AvgIpc) is 3.08. The summed E-state index contributed by atoms with van der Waals surface area (Å²) in [5, 5.41) is 3.94. The van der Waals surface area contributed by atoms with Crippen LogP contribution < -0.4 is 10.1 Å². The Balaban J connectivity index is 1.34. The van der Waals surface area contributed by atoms with Gasteiger partial charge in [-0.05, 0) is 55.5 Å². The van der Waals surface area contributed by atoms with Gasteiger partial charge in [-0.25, -0.2) is 9.78 Å². The lowest BCUT2D eigenvalue weighted by atomic mass is 9.97. The van der Waals surface area contributed by atoms with Gasteiger partial charge < -0.3 is 9.47 Å². The van der Waals surface area contributed by atoms with Gasteiger partial charge in [-0.15, -0.1) is 0 Å². The minimum Gasteiger partial charge on any atom is -0.497 e. The van der Waals surface area contributed by atoms with Crippen LogP contribution in [0.2, 0.25) is 0 Å². The number of esters is 1. The molecule has 0 radical (unpaired) electrons. The number of aryl methyl sites for hydroxylation is 1. The largest absolute Gasteiger partial charge is 0.497 e. The number of methoxy groups -OCH3 is 1. The number of rotatable bonds is 5. The first-order valence-corrected chi connectivity index (χ1v) is 11.8. The lowest BCUT2D eigenvalue weighted by molar-refractivity contribution is -0.119. The molecule has 0 spiro atoms. The number of nitrogens with zero attached hydrogens (tertiary/aromatic N) is 2. The molecule has 2 heterocycles. The number of hydrogen-bond acceptors (Lipinski definition) is 7. The fraction of sp³-hybridized carbons (Fsp3) is 0.280. The number of carbonyl (C=O) groups is 2. The minimum atomic E-state index is -0.490. The number of ether oxygens (including phenoxy) is 2. The minimum absolute atomic E-state index is 0.385. The van der Waals surface area contributed by atoms with E-state index in [4.69, 9.17) is 14.5 Å². The standard InChI is InChI=1S/C25H23N3O4S/c1-31-15-11-12-20-21(13-15)33-25(27-20)28-22(29)14-32-24(30)23-16-7-3-2-4-9-18(16)26-19-10-6-5-8-17(19)23/h5-6,8,10-13H,2-4,7,9,14H2,1H3,(H,27,28,29). The molecule has 2 aromatic heterocycles. The first-order valence-electron chi connectivity index (χ1n) is 10.9. The molecule has 0 saturated heterocycles. The second-order valence-corrected chi connectivity index (χ2v) is 9.00. The second-order valence-electron chi connectivity index (χ2n) is 7.97. The predicted molar refractivity (Wildman–Crippen MR) is 128 cm³/mol. The summed E-state index contributed by atoms with van der Waals surface area (Å²) in [7, 11) is 1.60. The van der Waals surface area contributed by atoms with Crippen LogP contribution in [0.4, 0.5) is 5.13 Å². The summed E-state index contributed by atoms with van der Waals surface area (Å²) in [4.78, 5) is 34.9. The van der Waals surface area contributed by atoms with Crippen molar-refractivity contribution < 1.29 is 19.1 Å². The summed E-state index contributed by atoms with van der Waals surface area (Å²) in [5.41, 5.74) is 4.00. The van der Waals surface area contributed by atoms with Crippen LogP contribution in [0.3, 0.4) is 0 Å². The quantitative estimate of drug-likeness (QED) is 0.335. The van der Waals surface area contributed by atoms with Crippen molar-refractivity contribution in [2.45, 2.75) is 32.1 Å². The molecule has 4 aromatic rings. The zero-order valence-corrected chi connectivity index (χ0v) is 19.0. The van der Waals surface area contributed by atoms with Crippen LogP contribution in [0.1, 0.15) is 40.9 Å². The summed E-state index contributed by atoms with van der Waals surface area (Å²) < 4.78 is 11.6. The first-order chi connectivity index (χ1) is 16.1. The van der Waals surface area contributed by atoms with Gasteiger partial charge in [0.05, 0.1) is 28.4 Å². The number of anilines is 1. The van der Waals surface area contributed by atoms with Crippen LogP contribution in [-0.4, -0.2) is 35.6 Å². The second kappa shape index (κ2) is 9.15. The number of nitrogens with one attached hydrogen (secondary N) is 1. The van der Waals surface area contributed by atoms with Crippen molar-refractivity contribution in [2.75, 3.05) is 19.0 Å². The smallest absolute Gasteiger partial charge is 0.339 e. The zero-order chi connectivity index (χ0) is 22.8. The van der Waals surface area contributed by atoms with Gasteiger partial charge in [0.15, 0.2) is 11.7 Å². The Morgan fingerprint density at radius 3 is 2.76 bits per heavy atom. The lowest BCUT2D eigenvalue weighted by Crippen LogP contribution is -2.22. The monoisotopic (exact) mass is 461 g/mol. The van der Waals surface area contributed by atoms with Crippen molar-refractivity contribution in [3.63, 3.8) is 0 Å². The fourth-order valence-corrected chi connectivity index (χ4v) is 5.14. The number of aromatic nitrogens is 2. The Morgan fingerprint density at radius 2 is 1.88 bits per heavy atom. The van der Waals surface area contributed by atoms with Gasteiger partial charge >= 0.3 is 5.97 Å². The van der Waals surface area contributed by atoms with Crippen molar-refractivity contribution in [3.8, 4) is 5.75 Å². The molecular formula is C25H23N3O4S. The van der Waals surface area contributed by atoms with Crippen LogP contribution in [-0.2, 0) is 22.4 Å². The van der Waals surface area contributed by atoms with Crippen molar-refractivity contribution >= 4 is 49.5 Å². The molecule has 1 aliphatic rings. The molecular weight excluding hydrogens is 438 g/mol. The molecule has 8 heteroatoms. The van der Waals surface area contributed by atoms with Crippen LogP contribution in [0.25, 0.3) is 21.1 Å². The third-order valence-corrected chi connectivity index (χ3v) is 6.73. The summed E-state index contributed by atoms with van der Waals surface area (Å²) >= 11 is 1.34. The summed E-state index contributed by atoms with van der Waals surface area (Å²) in [6, 6.07) is 13.1. The number of thiazole rings is 1. The van der Waals surface area contributed by atoms with Gasteiger partial charge in [0.25, 0.3) is 5.91 Å². The van der Waals surface area contributed by atoms with Crippen LogP contribution >= 0.6 is 11.3 Å². The van der Waals surface area contributed by atoms with E-state index in [2.05, 4.69) is 10.3 Å². The molecule has 168 valence electrons. The Bertz CT molecular complexity index is 1360. The molecule has 0 unspecified atom stereocenters. The van der Waals surface area contributed by atoms with Crippen LogP contribution in [0.5, 0.6) is 5.75 Å². The highest BCUT2D eigenvalue weighted by atomic mass is 32.1. The maximum atomic E-state index is 13.2. The number of pyridine rings is 1. The van der Waals surface area contributed by atoms with Gasteiger partial charge in [-0.1, -0.05) is 36.0 Å². The van der Waals surface area contributed by atoms with E-state index in [0.29, 0.717) is 10.7 Å². The van der Waals surface area contributed by atoms with Gasteiger partial charge in [-0.2, -0.15) is 0 Å². The highest BCUT2D eigenvalue weighted by Gasteiger charge is 2.23. The molecule has 0 saturated carbocycles. The summed E-state index contributed by atoms with van der Waals surface area (Å²) in [6.07, 6.45) is 4.82. The third kappa shape index (κ3) is 4.39. The number of fused-ring (bicyclic) bond motifs is 3. The van der Waals surface area contributed by atoms with Gasteiger partial charge in [0.2, 0.25) is 0 Å². The molecule has 2 aromatic carbocycles. The number of benzene rings is 2. The highest BCUT2D eigenvalue weighted by molar-refractivity contribution is 7.22. The van der Waals surface area contributed by atoms with Crippen LogP contribution in [0, 0.1) is 0 Å². The van der Waals surface area contributed by atoms with E-state index in [1.807, 2.05) is 42.5 Å². The Hall–Kier alpha value is -3.52. The molecule has 0 aliphatic heterocycles. The highest BCUT2D eigenvalue weighted by Crippen LogP contribution is 2.30. The third-order valence-electron chi connectivity index (χ3n) is 5.80. The molecule has 5 rings (SSSR count). The molecule has 1 amide bonds. The van der Waals surface area contributed by atoms with Crippen molar-refractivity contribution in [3.05, 3.63) is 59.3 Å². The molecule has 0 fully saturated rings. The topological polar surface area (TPSA) is 90.4 Å². The maximum absolute atomic E-state index is 13.2. The zero-order valence-electron chi connectivity index (χ0n) is 18.2. The van der Waals surface area contributed by atoms with E-state index in [1.165, 1.54) is 11.3 Å². The van der Waals surface area contributed by atoms with E-state index >= 15 is 0 Å². The Morgan fingerprint density at radius 1 is 1.03 bits per heavy atom. The Kier molecular flexibility index (Phi) is 5.92. The molecule has 7 nitrogen and oxygen atoms in total. The van der Waals surface area contributed by atoms with Gasteiger partial charge in [-0.3, -0.25) is 15.1 Å². The normalized spacial score (nSPS) is 13.4. The molecule has 0 bridgehead atoms. The summed E-state index contributed by atoms with van der Waals surface area (Å²) in [5.74, 6) is -0.198. The van der Waals surface area contributed by atoms with Crippen molar-refractivity contribution in [2.24, 2.45) is 0 Å². The molecule has 33 heavy (non-hydrogen) atoms. The van der Waals surface area contributed by atoms with E-state index in [0.717, 1.165) is 70.2 Å². The number of hydrogen-bond donors (Lipinski definition) is 1. The van der Waals surface area contributed by atoms with Crippen molar-refractivity contribution in [1.29, 1.82) is 0 Å². The van der Waals surface area contributed by atoms with E-state index in [1.54, 1.807) is 7.11 Å². The maximum Gasteiger partial charge on any atom is 0.339 e. The van der Waals surface area contributed by atoms with E-state index < -0.39 is 11.9 Å². The number of carbonyl (C=O) groups excluding carboxylic acids is 2. The molecule has 1 aliphatic carbocycles. The first kappa shape index (κ1) is 21.3. The summed E-state index contributed by atoms with van der Waals surface area (Å²) in [6.45, 7) is -0.385. The van der Waals surface area contributed by atoms with Gasteiger partial charge in [0, 0.05) is 11.1 Å². The molecule has 0 atom stereocenters.